The monoisotopic (exact) mass is 285 g/mol. The molecule has 0 bridgehead atoms. The van der Waals surface area contributed by atoms with E-state index in [9.17, 15) is 9.90 Å². The number of carboxylic acids is 1. The molecule has 0 unspecified atom stereocenters. The van der Waals surface area contributed by atoms with Crippen molar-refractivity contribution in [1.82, 2.24) is 24.5 Å². The number of pyridine rings is 1. The molecular weight excluding hydrogens is 270 g/mol. The first-order chi connectivity index (χ1) is 10.0. The zero-order valence-electron chi connectivity index (χ0n) is 12.0. The second-order valence-corrected chi connectivity index (χ2v) is 4.80. The van der Waals surface area contributed by atoms with Crippen molar-refractivity contribution in [2.24, 2.45) is 7.05 Å². The molecule has 21 heavy (non-hydrogen) atoms. The smallest absolute Gasteiger partial charge is 0.336 e. The summed E-state index contributed by atoms with van der Waals surface area (Å²) in [5.74, 6) is -0.984. The SMILES string of the molecule is CCn1nccc1-c1cc(C(=O)O)c2c(C)nn(C)c2n1. The molecular formula is C14H15N5O2. The maximum Gasteiger partial charge on any atom is 0.336 e. The van der Waals surface area contributed by atoms with Gasteiger partial charge in [-0.1, -0.05) is 0 Å². The number of fused-ring (bicyclic) bond motifs is 1. The van der Waals surface area contributed by atoms with Gasteiger partial charge in [0, 0.05) is 19.8 Å². The van der Waals surface area contributed by atoms with Crippen molar-refractivity contribution >= 4 is 17.0 Å². The first-order valence-electron chi connectivity index (χ1n) is 6.62. The highest BCUT2D eigenvalue weighted by molar-refractivity contribution is 6.03. The van der Waals surface area contributed by atoms with Crippen LogP contribution >= 0.6 is 0 Å². The molecule has 3 heterocycles. The van der Waals surface area contributed by atoms with Crippen molar-refractivity contribution in [3.63, 3.8) is 0 Å². The van der Waals surface area contributed by atoms with Gasteiger partial charge in [0.2, 0.25) is 0 Å². The van der Waals surface area contributed by atoms with Gasteiger partial charge in [0.15, 0.2) is 5.65 Å². The van der Waals surface area contributed by atoms with Gasteiger partial charge in [0.25, 0.3) is 0 Å². The summed E-state index contributed by atoms with van der Waals surface area (Å²) in [7, 11) is 1.76. The minimum atomic E-state index is -0.984. The van der Waals surface area contributed by atoms with E-state index in [1.54, 1.807) is 35.6 Å². The normalized spacial score (nSPS) is 11.2. The third kappa shape index (κ3) is 1.97. The number of hydrogen-bond acceptors (Lipinski definition) is 4. The van der Waals surface area contributed by atoms with Crippen LogP contribution in [0, 0.1) is 6.92 Å². The number of aryl methyl sites for hydroxylation is 3. The molecule has 7 heteroatoms. The van der Waals surface area contributed by atoms with Crippen LogP contribution in [0.2, 0.25) is 0 Å². The number of carboxylic acid groups (broad SMARTS) is 1. The fourth-order valence-electron chi connectivity index (χ4n) is 2.55. The molecule has 7 nitrogen and oxygen atoms in total. The molecule has 0 radical (unpaired) electrons. The van der Waals surface area contributed by atoms with E-state index in [1.807, 2.05) is 13.0 Å². The lowest BCUT2D eigenvalue weighted by Crippen LogP contribution is -2.04. The van der Waals surface area contributed by atoms with Gasteiger partial charge in [0.05, 0.1) is 28.0 Å². The first kappa shape index (κ1) is 13.3. The quantitative estimate of drug-likeness (QED) is 0.793. The van der Waals surface area contributed by atoms with Gasteiger partial charge in [0.1, 0.15) is 0 Å². The predicted octanol–water partition coefficient (Wildman–Crippen LogP) is 1.86. The Balaban J connectivity index is 2.36. The Bertz CT molecular complexity index is 847. The molecule has 3 aromatic rings. The molecule has 0 amide bonds. The number of nitrogens with zero attached hydrogens (tertiary/aromatic N) is 5. The summed E-state index contributed by atoms with van der Waals surface area (Å²) in [5, 5.41) is 18.5. The van der Waals surface area contributed by atoms with Crippen molar-refractivity contribution < 1.29 is 9.90 Å². The van der Waals surface area contributed by atoms with Crippen LogP contribution in [0.5, 0.6) is 0 Å². The zero-order valence-corrected chi connectivity index (χ0v) is 12.0. The van der Waals surface area contributed by atoms with E-state index in [2.05, 4.69) is 15.2 Å². The molecule has 0 saturated heterocycles. The van der Waals surface area contributed by atoms with Crippen molar-refractivity contribution in [2.45, 2.75) is 20.4 Å². The van der Waals surface area contributed by atoms with Crippen molar-refractivity contribution in [3.05, 3.63) is 29.6 Å². The highest BCUT2D eigenvalue weighted by Crippen LogP contribution is 2.26. The number of rotatable bonds is 3. The van der Waals surface area contributed by atoms with E-state index in [1.165, 1.54) is 0 Å². The van der Waals surface area contributed by atoms with Crippen molar-refractivity contribution in [2.75, 3.05) is 0 Å². The summed E-state index contributed by atoms with van der Waals surface area (Å²) in [4.78, 5) is 16.1. The summed E-state index contributed by atoms with van der Waals surface area (Å²) < 4.78 is 3.39. The molecule has 3 aromatic heterocycles. The highest BCUT2D eigenvalue weighted by atomic mass is 16.4. The second-order valence-electron chi connectivity index (χ2n) is 4.80. The lowest BCUT2D eigenvalue weighted by molar-refractivity contribution is 0.0699. The number of hydrogen-bond donors (Lipinski definition) is 1. The van der Waals surface area contributed by atoms with Crippen LogP contribution in [-0.4, -0.2) is 35.6 Å². The lowest BCUT2D eigenvalue weighted by Gasteiger charge is -2.07. The van der Waals surface area contributed by atoms with Gasteiger partial charge < -0.3 is 5.11 Å². The maximum absolute atomic E-state index is 11.6. The number of carbonyl (C=O) groups is 1. The standard InChI is InChI=1S/C14H15N5O2/c1-4-19-11(5-6-15-19)10-7-9(14(20)21)12-8(2)17-18(3)13(12)16-10/h5-7H,4H2,1-3H3,(H,20,21). The van der Waals surface area contributed by atoms with Crippen molar-refractivity contribution in [3.8, 4) is 11.4 Å². The Morgan fingerprint density at radius 2 is 2.19 bits per heavy atom. The molecule has 0 atom stereocenters. The van der Waals surface area contributed by atoms with E-state index < -0.39 is 5.97 Å². The minimum absolute atomic E-state index is 0.212. The van der Waals surface area contributed by atoms with Gasteiger partial charge >= 0.3 is 5.97 Å². The van der Waals surface area contributed by atoms with E-state index in [4.69, 9.17) is 0 Å². The topological polar surface area (TPSA) is 85.8 Å². The average Bonchev–Trinajstić information content (AvgIpc) is 3.03. The van der Waals surface area contributed by atoms with E-state index in [0.717, 1.165) is 5.69 Å². The van der Waals surface area contributed by atoms with Crippen LogP contribution in [0.3, 0.4) is 0 Å². The summed E-state index contributed by atoms with van der Waals surface area (Å²) in [6.45, 7) is 4.45. The third-order valence-electron chi connectivity index (χ3n) is 3.48. The van der Waals surface area contributed by atoms with Crippen LogP contribution in [-0.2, 0) is 13.6 Å². The lowest BCUT2D eigenvalue weighted by atomic mass is 10.1. The van der Waals surface area contributed by atoms with Gasteiger partial charge in [-0.05, 0) is 26.0 Å². The van der Waals surface area contributed by atoms with Crippen LogP contribution in [0.15, 0.2) is 18.3 Å². The first-order valence-corrected chi connectivity index (χ1v) is 6.62. The van der Waals surface area contributed by atoms with Crippen LogP contribution in [0.25, 0.3) is 22.4 Å². The molecule has 0 aliphatic heterocycles. The van der Waals surface area contributed by atoms with Crippen LogP contribution < -0.4 is 0 Å². The molecule has 3 rings (SSSR count). The van der Waals surface area contributed by atoms with Gasteiger partial charge in [-0.25, -0.2) is 9.78 Å². The van der Waals surface area contributed by atoms with E-state index >= 15 is 0 Å². The number of aromatic nitrogens is 5. The minimum Gasteiger partial charge on any atom is -0.478 e. The van der Waals surface area contributed by atoms with Gasteiger partial charge in [-0.3, -0.25) is 9.36 Å². The summed E-state index contributed by atoms with van der Waals surface area (Å²) in [6.07, 6.45) is 1.68. The Morgan fingerprint density at radius 1 is 1.43 bits per heavy atom. The average molecular weight is 285 g/mol. The Labute approximate surface area is 120 Å². The fourth-order valence-corrected chi connectivity index (χ4v) is 2.55. The molecule has 0 fully saturated rings. The number of aromatic carboxylic acids is 1. The maximum atomic E-state index is 11.6. The van der Waals surface area contributed by atoms with Gasteiger partial charge in [-0.2, -0.15) is 10.2 Å². The molecule has 0 saturated carbocycles. The van der Waals surface area contributed by atoms with Gasteiger partial charge in [-0.15, -0.1) is 0 Å². The largest absolute Gasteiger partial charge is 0.478 e. The third-order valence-corrected chi connectivity index (χ3v) is 3.48. The Morgan fingerprint density at radius 3 is 2.86 bits per heavy atom. The molecule has 108 valence electrons. The second kappa shape index (κ2) is 4.69. The molecule has 0 aliphatic rings. The fraction of sp³-hybridized carbons (Fsp3) is 0.286. The molecule has 0 spiro atoms. The summed E-state index contributed by atoms with van der Waals surface area (Å²) in [6, 6.07) is 3.41. The predicted molar refractivity (Wildman–Crippen MR) is 77.1 cm³/mol. The van der Waals surface area contributed by atoms with Crippen molar-refractivity contribution in [1.29, 1.82) is 0 Å². The zero-order chi connectivity index (χ0) is 15.1. The highest BCUT2D eigenvalue weighted by Gasteiger charge is 2.19. The molecule has 1 N–H and O–H groups in total. The summed E-state index contributed by atoms with van der Waals surface area (Å²) >= 11 is 0. The van der Waals surface area contributed by atoms with Crippen LogP contribution in [0.1, 0.15) is 23.0 Å². The van der Waals surface area contributed by atoms with E-state index in [-0.39, 0.29) is 5.56 Å². The Hall–Kier alpha value is -2.70. The van der Waals surface area contributed by atoms with Crippen LogP contribution in [0.4, 0.5) is 0 Å². The van der Waals surface area contributed by atoms with E-state index in [0.29, 0.717) is 29.0 Å². The summed E-state index contributed by atoms with van der Waals surface area (Å²) in [5.41, 5.74) is 2.81. The Kier molecular flexibility index (Phi) is 2.97. The molecule has 0 aromatic carbocycles. The molecule has 0 aliphatic carbocycles.